The third-order valence-corrected chi connectivity index (χ3v) is 2.75. The van der Waals surface area contributed by atoms with Gasteiger partial charge in [-0.15, -0.1) is 0 Å². The van der Waals surface area contributed by atoms with E-state index in [1.165, 1.54) is 16.7 Å². The number of nitrogens with one attached hydrogen (secondary N) is 1. The Kier molecular flexibility index (Phi) is 3.45. The Balaban J connectivity index is 2.40. The number of aliphatic imine (C=N–C) groups is 1. The van der Waals surface area contributed by atoms with E-state index in [0.29, 0.717) is 5.92 Å². The molecular formula is C7H13IN2. The van der Waals surface area contributed by atoms with Crippen LogP contribution >= 0.6 is 22.6 Å². The van der Waals surface area contributed by atoms with Gasteiger partial charge in [0.15, 0.2) is 0 Å². The van der Waals surface area contributed by atoms with E-state index in [2.05, 4.69) is 39.8 Å². The zero-order chi connectivity index (χ0) is 7.40. The first-order valence-electron chi connectivity index (χ1n) is 3.72. The van der Waals surface area contributed by atoms with E-state index in [0.717, 1.165) is 13.1 Å². The SMILES string of the molecule is CCNC1=NCCC1CI. The van der Waals surface area contributed by atoms with Gasteiger partial charge in [-0.05, 0) is 13.3 Å². The van der Waals surface area contributed by atoms with Gasteiger partial charge in [0.25, 0.3) is 0 Å². The summed E-state index contributed by atoms with van der Waals surface area (Å²) in [5, 5.41) is 3.29. The molecule has 0 radical (unpaired) electrons. The Morgan fingerprint density at radius 3 is 3.20 bits per heavy atom. The normalized spacial score (nSPS) is 24.6. The smallest absolute Gasteiger partial charge is 0.100 e. The summed E-state index contributed by atoms with van der Waals surface area (Å²) in [6.07, 6.45) is 1.24. The van der Waals surface area contributed by atoms with Crippen molar-refractivity contribution in [1.29, 1.82) is 0 Å². The van der Waals surface area contributed by atoms with Crippen molar-refractivity contribution in [2.45, 2.75) is 13.3 Å². The molecule has 0 aromatic carbocycles. The van der Waals surface area contributed by atoms with Crippen LogP contribution in [0.5, 0.6) is 0 Å². The molecule has 0 fully saturated rings. The van der Waals surface area contributed by atoms with Crippen molar-refractivity contribution < 1.29 is 0 Å². The van der Waals surface area contributed by atoms with Crippen LogP contribution in [-0.2, 0) is 0 Å². The highest BCUT2D eigenvalue weighted by Gasteiger charge is 2.18. The number of rotatable bonds is 2. The minimum atomic E-state index is 0.709. The fraction of sp³-hybridized carbons (Fsp3) is 0.857. The number of nitrogens with zero attached hydrogens (tertiary/aromatic N) is 1. The van der Waals surface area contributed by atoms with Gasteiger partial charge in [0.2, 0.25) is 0 Å². The molecule has 1 rings (SSSR count). The van der Waals surface area contributed by atoms with E-state index >= 15 is 0 Å². The molecule has 0 saturated heterocycles. The molecular weight excluding hydrogens is 239 g/mol. The predicted molar refractivity (Wildman–Crippen MR) is 53.0 cm³/mol. The fourth-order valence-electron chi connectivity index (χ4n) is 1.14. The molecule has 1 atom stereocenters. The van der Waals surface area contributed by atoms with Gasteiger partial charge in [0.1, 0.15) is 5.84 Å². The fourth-order valence-corrected chi connectivity index (χ4v) is 2.00. The van der Waals surface area contributed by atoms with E-state index in [-0.39, 0.29) is 0 Å². The van der Waals surface area contributed by atoms with Crippen LogP contribution in [0.4, 0.5) is 0 Å². The summed E-state index contributed by atoms with van der Waals surface area (Å²) >= 11 is 2.42. The Morgan fingerprint density at radius 1 is 1.80 bits per heavy atom. The Bertz CT molecular complexity index is 134. The Labute approximate surface area is 75.6 Å². The molecule has 1 unspecified atom stereocenters. The van der Waals surface area contributed by atoms with Crippen molar-refractivity contribution in [3.8, 4) is 0 Å². The monoisotopic (exact) mass is 252 g/mol. The lowest BCUT2D eigenvalue weighted by Crippen LogP contribution is -2.28. The average molecular weight is 252 g/mol. The molecule has 0 bridgehead atoms. The number of hydrogen-bond acceptors (Lipinski definition) is 2. The second kappa shape index (κ2) is 4.16. The molecule has 0 aliphatic carbocycles. The Hall–Kier alpha value is 0.200. The molecule has 0 saturated carbocycles. The predicted octanol–water partition coefficient (Wildman–Crippen LogP) is 1.45. The van der Waals surface area contributed by atoms with E-state index < -0.39 is 0 Å². The summed E-state index contributed by atoms with van der Waals surface area (Å²) in [7, 11) is 0. The molecule has 58 valence electrons. The van der Waals surface area contributed by atoms with Crippen molar-refractivity contribution in [3.63, 3.8) is 0 Å². The van der Waals surface area contributed by atoms with Crippen molar-refractivity contribution in [2.75, 3.05) is 17.5 Å². The standard InChI is InChI=1S/C7H13IN2/c1-2-9-7-6(5-8)3-4-10-7/h6H,2-5H2,1H3,(H,9,10). The molecule has 1 heterocycles. The summed E-state index contributed by atoms with van der Waals surface area (Å²) in [6.45, 7) is 4.15. The Morgan fingerprint density at radius 2 is 2.60 bits per heavy atom. The first-order chi connectivity index (χ1) is 4.88. The first kappa shape index (κ1) is 8.30. The van der Waals surface area contributed by atoms with Crippen molar-refractivity contribution in [3.05, 3.63) is 0 Å². The molecule has 0 amide bonds. The minimum Gasteiger partial charge on any atom is -0.374 e. The van der Waals surface area contributed by atoms with Gasteiger partial charge < -0.3 is 5.32 Å². The summed E-state index contributed by atoms with van der Waals surface area (Å²) in [5.41, 5.74) is 0. The molecule has 1 N–H and O–H groups in total. The summed E-state index contributed by atoms with van der Waals surface area (Å²) in [4.78, 5) is 4.38. The van der Waals surface area contributed by atoms with E-state index in [9.17, 15) is 0 Å². The molecule has 2 nitrogen and oxygen atoms in total. The molecule has 10 heavy (non-hydrogen) atoms. The van der Waals surface area contributed by atoms with Gasteiger partial charge in [0.05, 0.1) is 0 Å². The van der Waals surface area contributed by atoms with Gasteiger partial charge >= 0.3 is 0 Å². The van der Waals surface area contributed by atoms with Crippen LogP contribution in [0, 0.1) is 5.92 Å². The van der Waals surface area contributed by atoms with Crippen LogP contribution in [0.3, 0.4) is 0 Å². The van der Waals surface area contributed by atoms with Gasteiger partial charge in [-0.3, -0.25) is 4.99 Å². The number of hydrogen-bond donors (Lipinski definition) is 1. The molecule has 3 heteroatoms. The second-order valence-electron chi connectivity index (χ2n) is 2.44. The summed E-state index contributed by atoms with van der Waals surface area (Å²) in [6, 6.07) is 0. The van der Waals surface area contributed by atoms with Crippen molar-refractivity contribution in [2.24, 2.45) is 10.9 Å². The van der Waals surface area contributed by atoms with Crippen LogP contribution in [0.1, 0.15) is 13.3 Å². The zero-order valence-corrected chi connectivity index (χ0v) is 8.39. The van der Waals surface area contributed by atoms with Crippen molar-refractivity contribution >= 4 is 28.4 Å². The third-order valence-electron chi connectivity index (χ3n) is 1.69. The van der Waals surface area contributed by atoms with Crippen LogP contribution in [0.25, 0.3) is 0 Å². The lowest BCUT2D eigenvalue weighted by atomic mass is 10.1. The van der Waals surface area contributed by atoms with E-state index in [1.54, 1.807) is 0 Å². The van der Waals surface area contributed by atoms with Gasteiger partial charge in [0, 0.05) is 23.4 Å². The topological polar surface area (TPSA) is 24.4 Å². The summed E-state index contributed by atoms with van der Waals surface area (Å²) in [5.74, 6) is 1.94. The molecule has 1 aliphatic rings. The quantitative estimate of drug-likeness (QED) is 0.583. The van der Waals surface area contributed by atoms with Crippen LogP contribution in [0.15, 0.2) is 4.99 Å². The highest BCUT2D eigenvalue weighted by atomic mass is 127. The van der Waals surface area contributed by atoms with Crippen LogP contribution in [0.2, 0.25) is 0 Å². The van der Waals surface area contributed by atoms with Gasteiger partial charge in [-0.1, -0.05) is 22.6 Å². The highest BCUT2D eigenvalue weighted by Crippen LogP contribution is 2.14. The largest absolute Gasteiger partial charge is 0.374 e. The zero-order valence-electron chi connectivity index (χ0n) is 6.23. The van der Waals surface area contributed by atoms with Gasteiger partial charge in [-0.2, -0.15) is 0 Å². The lowest BCUT2D eigenvalue weighted by molar-refractivity contribution is 0.747. The lowest BCUT2D eigenvalue weighted by Gasteiger charge is -2.09. The number of halogens is 1. The molecule has 0 aromatic rings. The maximum Gasteiger partial charge on any atom is 0.100 e. The molecule has 0 aromatic heterocycles. The maximum atomic E-state index is 4.38. The average Bonchev–Trinajstić information content (AvgIpc) is 2.36. The number of amidine groups is 1. The second-order valence-corrected chi connectivity index (χ2v) is 3.32. The third kappa shape index (κ3) is 1.84. The first-order valence-corrected chi connectivity index (χ1v) is 5.25. The van der Waals surface area contributed by atoms with Crippen LogP contribution in [-0.4, -0.2) is 23.4 Å². The van der Waals surface area contributed by atoms with Crippen molar-refractivity contribution in [1.82, 2.24) is 5.32 Å². The van der Waals surface area contributed by atoms with Crippen LogP contribution < -0.4 is 5.32 Å². The van der Waals surface area contributed by atoms with Gasteiger partial charge in [-0.25, -0.2) is 0 Å². The van der Waals surface area contributed by atoms with E-state index in [1.807, 2.05) is 0 Å². The van der Waals surface area contributed by atoms with E-state index in [4.69, 9.17) is 0 Å². The summed E-state index contributed by atoms with van der Waals surface area (Å²) < 4.78 is 1.20. The molecule has 1 aliphatic heterocycles. The highest BCUT2D eigenvalue weighted by molar-refractivity contribution is 14.1. The molecule has 0 spiro atoms. The minimum absolute atomic E-state index is 0.709. The number of alkyl halides is 1. The maximum absolute atomic E-state index is 4.38.